The maximum atomic E-state index is 6.50. The van der Waals surface area contributed by atoms with Crippen LogP contribution in [0.15, 0.2) is 253 Å². The van der Waals surface area contributed by atoms with Crippen molar-refractivity contribution in [2.75, 3.05) is 14.7 Å². The average Bonchev–Trinajstić information content (AvgIpc) is 3.95. The molecule has 10 aromatic carbocycles. The van der Waals surface area contributed by atoms with Crippen LogP contribution in [0.1, 0.15) is 0 Å². The monoisotopic (exact) mass is 851 g/mol. The molecule has 12 aromatic rings. The van der Waals surface area contributed by atoms with Crippen LogP contribution in [0.4, 0.5) is 51.2 Å². The lowest BCUT2D eigenvalue weighted by atomic mass is 10.0. The number of rotatable bonds is 10. The Bertz CT molecular complexity index is 3570. The summed E-state index contributed by atoms with van der Waals surface area (Å²) in [6.45, 7) is 0. The molecule has 0 amide bonds. The molecule has 0 saturated heterocycles. The molecule has 0 fully saturated rings. The van der Waals surface area contributed by atoms with Gasteiger partial charge in [0.1, 0.15) is 11.2 Å². The van der Waals surface area contributed by atoms with Gasteiger partial charge in [-0.3, -0.25) is 0 Å². The quantitative estimate of drug-likeness (QED) is 0.137. The van der Waals surface area contributed by atoms with Gasteiger partial charge in [0.05, 0.1) is 27.4 Å². The van der Waals surface area contributed by atoms with Gasteiger partial charge in [0.2, 0.25) is 0 Å². The molecule has 0 aliphatic carbocycles. The molecule has 0 radical (unpaired) electrons. The number of fused-ring (bicyclic) bond motifs is 6. The summed E-state index contributed by atoms with van der Waals surface area (Å²) in [5, 5.41) is 4.76. The van der Waals surface area contributed by atoms with E-state index in [-0.39, 0.29) is 0 Å². The van der Waals surface area contributed by atoms with Gasteiger partial charge in [0.25, 0.3) is 0 Å². The van der Waals surface area contributed by atoms with Gasteiger partial charge in [-0.15, -0.1) is 11.3 Å². The highest BCUT2D eigenvalue weighted by Crippen LogP contribution is 2.49. The Morgan fingerprint density at radius 1 is 0.308 bits per heavy atom. The fraction of sp³-hybridized carbons (Fsp3) is 0. The fourth-order valence-electron chi connectivity index (χ4n) is 9.27. The van der Waals surface area contributed by atoms with E-state index < -0.39 is 0 Å². The number of thiophene rings is 1. The summed E-state index contributed by atoms with van der Waals surface area (Å²) in [4.78, 5) is 7.16. The molecule has 0 aliphatic heterocycles. The zero-order valence-corrected chi connectivity index (χ0v) is 36.1. The predicted octanol–water partition coefficient (Wildman–Crippen LogP) is 18.0. The predicted molar refractivity (Wildman–Crippen MR) is 276 cm³/mol. The van der Waals surface area contributed by atoms with E-state index in [1.54, 1.807) is 0 Å². The molecule has 0 saturated carbocycles. The van der Waals surface area contributed by atoms with E-state index in [0.717, 1.165) is 84.3 Å². The van der Waals surface area contributed by atoms with Gasteiger partial charge in [0.15, 0.2) is 0 Å². The van der Waals surface area contributed by atoms with E-state index >= 15 is 0 Å². The van der Waals surface area contributed by atoms with E-state index in [2.05, 4.69) is 251 Å². The minimum Gasteiger partial charge on any atom is -0.455 e. The first-order valence-corrected chi connectivity index (χ1v) is 22.7. The molecule has 308 valence electrons. The van der Waals surface area contributed by atoms with Gasteiger partial charge in [-0.05, 0) is 103 Å². The number of hydrogen-bond acceptors (Lipinski definition) is 5. The summed E-state index contributed by atoms with van der Waals surface area (Å²) in [6.07, 6.45) is 0. The topological polar surface area (TPSA) is 22.9 Å². The fourth-order valence-corrected chi connectivity index (χ4v) is 10.5. The highest BCUT2D eigenvalue weighted by molar-refractivity contribution is 7.26. The standard InChI is InChI=1S/C60H41N3OS/c1-5-19-43(20-6-1)61(44-21-7-2-8-22-44)48-39-49(41-50(40-48)63(46-25-11-4-12-26-46)56-32-18-31-55-53-28-14-16-34-58(53)65-60(55)56)62(45-23-9-3-10-24-45)47-37-35-42(36-38-47)51-29-17-30-54-52-27-13-15-33-57(52)64-59(51)54/h1-41H. The lowest BCUT2D eigenvalue weighted by molar-refractivity contribution is 0.670. The first-order valence-electron chi connectivity index (χ1n) is 21.9. The van der Waals surface area contributed by atoms with Crippen LogP contribution in [0.25, 0.3) is 53.2 Å². The van der Waals surface area contributed by atoms with E-state index in [1.165, 1.54) is 20.2 Å². The molecular weight excluding hydrogens is 811 g/mol. The van der Waals surface area contributed by atoms with Crippen molar-refractivity contribution >= 4 is 105 Å². The van der Waals surface area contributed by atoms with E-state index in [4.69, 9.17) is 4.42 Å². The first-order chi connectivity index (χ1) is 32.2. The van der Waals surface area contributed by atoms with Crippen LogP contribution >= 0.6 is 11.3 Å². The van der Waals surface area contributed by atoms with Gasteiger partial charge >= 0.3 is 0 Å². The van der Waals surface area contributed by atoms with Crippen molar-refractivity contribution in [2.45, 2.75) is 0 Å². The molecule has 2 heterocycles. The molecule has 12 rings (SSSR count). The third-order valence-corrected chi connectivity index (χ3v) is 13.4. The van der Waals surface area contributed by atoms with Crippen molar-refractivity contribution < 1.29 is 4.42 Å². The van der Waals surface area contributed by atoms with Crippen molar-refractivity contribution in [3.05, 3.63) is 249 Å². The summed E-state index contributed by atoms with van der Waals surface area (Å²) in [6, 6.07) is 88.8. The molecule has 65 heavy (non-hydrogen) atoms. The zero-order chi connectivity index (χ0) is 43.1. The van der Waals surface area contributed by atoms with Gasteiger partial charge < -0.3 is 19.1 Å². The zero-order valence-electron chi connectivity index (χ0n) is 35.3. The molecule has 0 unspecified atom stereocenters. The highest BCUT2D eigenvalue weighted by atomic mass is 32.1. The smallest absolute Gasteiger partial charge is 0.143 e. The van der Waals surface area contributed by atoms with Crippen molar-refractivity contribution in [3.63, 3.8) is 0 Å². The van der Waals surface area contributed by atoms with Crippen LogP contribution in [-0.4, -0.2) is 0 Å². The van der Waals surface area contributed by atoms with Crippen molar-refractivity contribution in [3.8, 4) is 11.1 Å². The van der Waals surface area contributed by atoms with Crippen LogP contribution in [-0.2, 0) is 0 Å². The summed E-state index contributed by atoms with van der Waals surface area (Å²) in [7, 11) is 0. The summed E-state index contributed by atoms with van der Waals surface area (Å²) in [5.74, 6) is 0. The van der Waals surface area contributed by atoms with Crippen LogP contribution < -0.4 is 14.7 Å². The first kappa shape index (κ1) is 38.3. The van der Waals surface area contributed by atoms with Gasteiger partial charge in [-0.1, -0.05) is 152 Å². The summed E-state index contributed by atoms with van der Waals surface area (Å²) >= 11 is 1.85. The number of benzene rings is 10. The van der Waals surface area contributed by atoms with Crippen molar-refractivity contribution in [1.29, 1.82) is 0 Å². The molecule has 5 heteroatoms. The minimum absolute atomic E-state index is 0.894. The van der Waals surface area contributed by atoms with Crippen molar-refractivity contribution in [2.24, 2.45) is 0 Å². The largest absolute Gasteiger partial charge is 0.455 e. The van der Waals surface area contributed by atoms with Crippen LogP contribution in [0, 0.1) is 0 Å². The lowest BCUT2D eigenvalue weighted by Crippen LogP contribution is -2.16. The number of para-hydroxylation sites is 6. The average molecular weight is 852 g/mol. The van der Waals surface area contributed by atoms with Crippen molar-refractivity contribution in [1.82, 2.24) is 0 Å². The Labute approximate surface area is 381 Å². The Hall–Kier alpha value is -8.38. The SMILES string of the molecule is c1ccc(N(c2ccccc2)c2cc(N(c3ccccc3)c3ccc(-c4cccc5c4oc4ccccc45)cc3)cc(N(c3ccccc3)c3cccc4c3sc3ccccc34)c2)cc1. The molecule has 0 spiro atoms. The normalized spacial score (nSPS) is 11.4. The summed E-state index contributed by atoms with van der Waals surface area (Å²) < 4.78 is 9.00. The Kier molecular flexibility index (Phi) is 9.66. The molecule has 0 bridgehead atoms. The minimum atomic E-state index is 0.894. The Morgan fingerprint density at radius 3 is 1.35 bits per heavy atom. The number of nitrogens with zero attached hydrogens (tertiary/aromatic N) is 3. The van der Waals surface area contributed by atoms with E-state index in [1.807, 2.05) is 23.5 Å². The third kappa shape index (κ3) is 6.96. The van der Waals surface area contributed by atoms with Crippen LogP contribution in [0.5, 0.6) is 0 Å². The lowest BCUT2D eigenvalue weighted by Gasteiger charge is -2.33. The second-order valence-corrected chi connectivity index (χ2v) is 17.2. The number of furan rings is 1. The Balaban J connectivity index is 1.09. The maximum absolute atomic E-state index is 6.50. The number of anilines is 9. The van der Waals surface area contributed by atoms with Crippen LogP contribution in [0.3, 0.4) is 0 Å². The van der Waals surface area contributed by atoms with E-state index in [0.29, 0.717) is 0 Å². The molecular formula is C60H41N3OS. The Morgan fingerprint density at radius 2 is 0.754 bits per heavy atom. The van der Waals surface area contributed by atoms with Crippen LogP contribution in [0.2, 0.25) is 0 Å². The van der Waals surface area contributed by atoms with Gasteiger partial charge in [0, 0.05) is 60.2 Å². The second kappa shape index (κ2) is 16.4. The van der Waals surface area contributed by atoms with E-state index in [9.17, 15) is 0 Å². The van der Waals surface area contributed by atoms with Gasteiger partial charge in [-0.2, -0.15) is 0 Å². The summed E-state index contributed by atoms with van der Waals surface area (Å²) in [5.41, 5.74) is 13.4. The maximum Gasteiger partial charge on any atom is 0.143 e. The highest BCUT2D eigenvalue weighted by Gasteiger charge is 2.24. The number of hydrogen-bond donors (Lipinski definition) is 0. The van der Waals surface area contributed by atoms with Gasteiger partial charge in [-0.25, -0.2) is 0 Å². The molecule has 4 nitrogen and oxygen atoms in total. The second-order valence-electron chi connectivity index (χ2n) is 16.1. The molecule has 0 N–H and O–H groups in total. The molecule has 0 aliphatic rings. The molecule has 2 aromatic heterocycles. The molecule has 0 atom stereocenters. The third-order valence-electron chi connectivity index (χ3n) is 12.2.